The average Bonchev–Trinajstić information content (AvgIpc) is 3.16. The van der Waals surface area contributed by atoms with E-state index >= 15 is 0 Å². The minimum absolute atomic E-state index is 0.0249. The van der Waals surface area contributed by atoms with E-state index in [0.717, 1.165) is 16.9 Å². The Labute approximate surface area is 156 Å². The van der Waals surface area contributed by atoms with E-state index in [2.05, 4.69) is 15.5 Å². The van der Waals surface area contributed by atoms with Crippen LogP contribution in [0.1, 0.15) is 30.7 Å². The SMILES string of the molecule is COc1ccc(-c2noc(CNC(=O)CC(C)c3ccc(F)cc3)n2)cc1. The molecule has 1 aromatic heterocycles. The van der Waals surface area contributed by atoms with Gasteiger partial charge < -0.3 is 14.6 Å². The first-order valence-electron chi connectivity index (χ1n) is 8.54. The first-order valence-corrected chi connectivity index (χ1v) is 8.54. The first-order chi connectivity index (χ1) is 13.0. The summed E-state index contributed by atoms with van der Waals surface area (Å²) in [4.78, 5) is 16.4. The number of methoxy groups -OCH3 is 1. The van der Waals surface area contributed by atoms with Crippen molar-refractivity contribution in [3.05, 3.63) is 65.8 Å². The fourth-order valence-electron chi connectivity index (χ4n) is 2.62. The molecule has 0 aliphatic rings. The lowest BCUT2D eigenvalue weighted by molar-refractivity contribution is -0.121. The van der Waals surface area contributed by atoms with Crippen LogP contribution < -0.4 is 10.1 Å². The Morgan fingerprint density at radius 2 is 1.89 bits per heavy atom. The largest absolute Gasteiger partial charge is 0.497 e. The van der Waals surface area contributed by atoms with Gasteiger partial charge in [-0.2, -0.15) is 4.98 Å². The number of amides is 1. The number of ether oxygens (including phenoxy) is 1. The van der Waals surface area contributed by atoms with Crippen LogP contribution in [0.5, 0.6) is 5.75 Å². The van der Waals surface area contributed by atoms with E-state index < -0.39 is 0 Å². The molecule has 0 spiro atoms. The van der Waals surface area contributed by atoms with Crippen molar-refractivity contribution in [1.29, 1.82) is 0 Å². The first kappa shape index (κ1) is 18.6. The highest BCUT2D eigenvalue weighted by atomic mass is 19.1. The molecule has 0 radical (unpaired) electrons. The smallest absolute Gasteiger partial charge is 0.246 e. The van der Waals surface area contributed by atoms with Crippen LogP contribution in [0.25, 0.3) is 11.4 Å². The third-order valence-electron chi connectivity index (χ3n) is 4.18. The third kappa shape index (κ3) is 4.91. The van der Waals surface area contributed by atoms with Gasteiger partial charge in [0.1, 0.15) is 11.6 Å². The third-order valence-corrected chi connectivity index (χ3v) is 4.18. The lowest BCUT2D eigenvalue weighted by Gasteiger charge is -2.11. The molecule has 2 aromatic carbocycles. The molecule has 1 amide bonds. The lowest BCUT2D eigenvalue weighted by Crippen LogP contribution is -2.24. The molecule has 1 atom stereocenters. The van der Waals surface area contributed by atoms with Gasteiger partial charge >= 0.3 is 0 Å². The van der Waals surface area contributed by atoms with Crippen LogP contribution in [0.15, 0.2) is 53.1 Å². The Morgan fingerprint density at radius 1 is 1.19 bits per heavy atom. The molecule has 0 fully saturated rings. The summed E-state index contributed by atoms with van der Waals surface area (Å²) in [6.07, 6.45) is 0.283. The fraction of sp³-hybridized carbons (Fsp3) is 0.250. The maximum Gasteiger partial charge on any atom is 0.246 e. The molecule has 1 N–H and O–H groups in total. The second kappa shape index (κ2) is 8.44. The van der Waals surface area contributed by atoms with E-state index in [-0.39, 0.29) is 30.6 Å². The summed E-state index contributed by atoms with van der Waals surface area (Å²) in [6, 6.07) is 13.4. The molecular formula is C20H20FN3O3. The zero-order chi connectivity index (χ0) is 19.2. The Kier molecular flexibility index (Phi) is 5.80. The van der Waals surface area contributed by atoms with Crippen LogP contribution in [0.2, 0.25) is 0 Å². The quantitative estimate of drug-likeness (QED) is 0.687. The molecule has 0 aliphatic carbocycles. The van der Waals surface area contributed by atoms with Gasteiger partial charge in [0.2, 0.25) is 17.6 Å². The molecule has 7 heteroatoms. The zero-order valence-corrected chi connectivity index (χ0v) is 15.1. The Balaban J connectivity index is 1.53. The van der Waals surface area contributed by atoms with Gasteiger partial charge in [-0.1, -0.05) is 24.2 Å². The van der Waals surface area contributed by atoms with E-state index in [1.807, 2.05) is 31.2 Å². The van der Waals surface area contributed by atoms with Gasteiger partial charge in [-0.15, -0.1) is 0 Å². The van der Waals surface area contributed by atoms with E-state index in [9.17, 15) is 9.18 Å². The second-order valence-electron chi connectivity index (χ2n) is 6.17. The Morgan fingerprint density at radius 3 is 2.56 bits per heavy atom. The lowest BCUT2D eigenvalue weighted by atomic mass is 9.97. The standard InChI is InChI=1S/C20H20FN3O3/c1-13(14-3-7-16(21)8-4-14)11-18(25)22-12-19-23-20(24-27-19)15-5-9-17(26-2)10-6-15/h3-10,13H,11-12H2,1-2H3,(H,22,25). The van der Waals surface area contributed by atoms with E-state index in [4.69, 9.17) is 9.26 Å². The molecule has 140 valence electrons. The van der Waals surface area contributed by atoms with Crippen molar-refractivity contribution in [1.82, 2.24) is 15.5 Å². The van der Waals surface area contributed by atoms with Crippen molar-refractivity contribution in [3.63, 3.8) is 0 Å². The van der Waals surface area contributed by atoms with E-state index in [0.29, 0.717) is 11.7 Å². The highest BCUT2D eigenvalue weighted by Crippen LogP contribution is 2.20. The van der Waals surface area contributed by atoms with Gasteiger partial charge in [-0.05, 0) is 47.9 Å². The second-order valence-corrected chi connectivity index (χ2v) is 6.17. The summed E-state index contributed by atoms with van der Waals surface area (Å²) in [5.74, 6) is 1.05. The number of hydrogen-bond acceptors (Lipinski definition) is 5. The molecule has 1 heterocycles. The summed E-state index contributed by atoms with van der Waals surface area (Å²) >= 11 is 0. The summed E-state index contributed by atoms with van der Waals surface area (Å²) < 4.78 is 23.3. The number of rotatable bonds is 7. The number of benzene rings is 2. The highest BCUT2D eigenvalue weighted by molar-refractivity contribution is 5.76. The van der Waals surface area contributed by atoms with Crippen LogP contribution >= 0.6 is 0 Å². The van der Waals surface area contributed by atoms with Crippen molar-refractivity contribution in [2.45, 2.75) is 25.8 Å². The number of hydrogen-bond donors (Lipinski definition) is 1. The van der Waals surface area contributed by atoms with Crippen molar-refractivity contribution in [2.24, 2.45) is 0 Å². The molecule has 6 nitrogen and oxygen atoms in total. The van der Waals surface area contributed by atoms with Gasteiger partial charge in [-0.3, -0.25) is 4.79 Å². The van der Waals surface area contributed by atoms with Gasteiger partial charge in [-0.25, -0.2) is 4.39 Å². The minimum atomic E-state index is -0.292. The van der Waals surface area contributed by atoms with Crippen molar-refractivity contribution in [3.8, 4) is 17.1 Å². The molecule has 3 aromatic rings. The van der Waals surface area contributed by atoms with Crippen LogP contribution in [0.3, 0.4) is 0 Å². The number of carbonyl (C=O) groups excluding carboxylic acids is 1. The maximum atomic E-state index is 13.0. The van der Waals surface area contributed by atoms with Gasteiger partial charge in [0.05, 0.1) is 13.7 Å². The molecule has 1 unspecified atom stereocenters. The zero-order valence-electron chi connectivity index (χ0n) is 15.1. The molecule has 0 aliphatic heterocycles. The fourth-order valence-corrected chi connectivity index (χ4v) is 2.62. The summed E-state index contributed by atoms with van der Waals surface area (Å²) in [6.45, 7) is 2.07. The van der Waals surface area contributed by atoms with E-state index in [1.165, 1.54) is 12.1 Å². The molecule has 27 heavy (non-hydrogen) atoms. The molecule has 0 saturated heterocycles. The minimum Gasteiger partial charge on any atom is -0.497 e. The van der Waals surface area contributed by atoms with Crippen LogP contribution in [-0.2, 0) is 11.3 Å². The van der Waals surface area contributed by atoms with E-state index in [1.54, 1.807) is 19.2 Å². The summed E-state index contributed by atoms with van der Waals surface area (Å²) in [5.41, 5.74) is 1.70. The normalized spacial score (nSPS) is 11.8. The predicted octanol–water partition coefficient (Wildman–Crippen LogP) is 3.69. The topological polar surface area (TPSA) is 77.3 Å². The molecule has 3 rings (SSSR count). The summed E-state index contributed by atoms with van der Waals surface area (Å²) in [7, 11) is 1.60. The van der Waals surface area contributed by atoms with Crippen molar-refractivity contribution < 1.29 is 18.4 Å². The molecular weight excluding hydrogens is 349 g/mol. The van der Waals surface area contributed by atoms with Gasteiger partial charge in [0.15, 0.2) is 0 Å². The van der Waals surface area contributed by atoms with Crippen molar-refractivity contribution >= 4 is 5.91 Å². The predicted molar refractivity (Wildman–Crippen MR) is 97.6 cm³/mol. The Bertz CT molecular complexity index is 892. The van der Waals surface area contributed by atoms with Crippen LogP contribution in [0, 0.1) is 5.82 Å². The number of aromatic nitrogens is 2. The summed E-state index contributed by atoms with van der Waals surface area (Å²) in [5, 5.41) is 6.69. The van der Waals surface area contributed by atoms with Crippen LogP contribution in [0.4, 0.5) is 4.39 Å². The number of halogens is 1. The van der Waals surface area contributed by atoms with Gasteiger partial charge in [0, 0.05) is 12.0 Å². The number of nitrogens with one attached hydrogen (secondary N) is 1. The molecule has 0 bridgehead atoms. The highest BCUT2D eigenvalue weighted by Gasteiger charge is 2.13. The Hall–Kier alpha value is -3.22. The molecule has 0 saturated carbocycles. The van der Waals surface area contributed by atoms with Crippen LogP contribution in [-0.4, -0.2) is 23.2 Å². The van der Waals surface area contributed by atoms with Crippen molar-refractivity contribution in [2.75, 3.05) is 7.11 Å². The average molecular weight is 369 g/mol. The van der Waals surface area contributed by atoms with Gasteiger partial charge in [0.25, 0.3) is 0 Å². The maximum absolute atomic E-state index is 13.0. The number of carbonyl (C=O) groups is 1. The monoisotopic (exact) mass is 369 g/mol. The number of nitrogens with zero attached hydrogens (tertiary/aromatic N) is 2.